The Morgan fingerprint density at radius 1 is 1.52 bits per heavy atom. The number of nitrogens with zero attached hydrogens (tertiary/aromatic N) is 2. The molecule has 3 heterocycles. The summed E-state index contributed by atoms with van der Waals surface area (Å²) in [7, 11) is 1.81. The van der Waals surface area contributed by atoms with Crippen LogP contribution < -0.4 is 10.6 Å². The van der Waals surface area contributed by atoms with Crippen LogP contribution in [0.15, 0.2) is 21.8 Å². The number of fused-ring (bicyclic) bond motifs is 1. The first-order valence-corrected chi connectivity index (χ1v) is 8.60. The topological polar surface area (TPSA) is 48.9 Å². The Hall–Kier alpha value is -1.11. The van der Waals surface area contributed by atoms with E-state index in [1.807, 2.05) is 0 Å². The van der Waals surface area contributed by atoms with Crippen molar-refractivity contribution in [1.82, 2.24) is 15.5 Å². The number of hydrogen-bond donors (Lipinski definition) is 2. The van der Waals surface area contributed by atoms with Gasteiger partial charge in [0.05, 0.1) is 12.7 Å². The highest BCUT2D eigenvalue weighted by molar-refractivity contribution is 7.07. The van der Waals surface area contributed by atoms with Gasteiger partial charge in [-0.1, -0.05) is 0 Å². The summed E-state index contributed by atoms with van der Waals surface area (Å²) in [5.41, 5.74) is 1.29. The molecular formula is C15H24N4OS. The zero-order valence-electron chi connectivity index (χ0n) is 12.5. The van der Waals surface area contributed by atoms with E-state index in [1.54, 1.807) is 18.4 Å². The number of ether oxygens (including phenoxy) is 1. The summed E-state index contributed by atoms with van der Waals surface area (Å²) in [6.07, 6.45) is 2.88. The van der Waals surface area contributed by atoms with Gasteiger partial charge in [-0.3, -0.25) is 9.89 Å². The Bertz CT molecular complexity index is 462. The maximum absolute atomic E-state index is 5.95. The molecule has 2 fully saturated rings. The summed E-state index contributed by atoms with van der Waals surface area (Å²) in [4.78, 5) is 6.83. The average Bonchev–Trinajstić information content (AvgIpc) is 3.18. The van der Waals surface area contributed by atoms with Crippen LogP contribution in [0.2, 0.25) is 0 Å². The predicted molar refractivity (Wildman–Crippen MR) is 86.9 cm³/mol. The molecule has 1 aromatic rings. The van der Waals surface area contributed by atoms with Gasteiger partial charge in [-0.05, 0) is 41.8 Å². The average molecular weight is 308 g/mol. The van der Waals surface area contributed by atoms with Crippen LogP contribution in [0.25, 0.3) is 0 Å². The Labute approximate surface area is 130 Å². The van der Waals surface area contributed by atoms with Crippen molar-refractivity contribution in [3.8, 4) is 0 Å². The van der Waals surface area contributed by atoms with Crippen molar-refractivity contribution >= 4 is 17.3 Å². The van der Waals surface area contributed by atoms with Gasteiger partial charge in [0.25, 0.3) is 0 Å². The molecule has 2 atom stereocenters. The van der Waals surface area contributed by atoms with Crippen molar-refractivity contribution in [3.05, 3.63) is 22.4 Å². The van der Waals surface area contributed by atoms with Crippen LogP contribution >= 0.6 is 11.3 Å². The molecule has 2 saturated heterocycles. The molecule has 2 N–H and O–H groups in total. The molecule has 5 nitrogen and oxygen atoms in total. The fourth-order valence-corrected chi connectivity index (χ4v) is 3.69. The fraction of sp³-hybridized carbons (Fsp3) is 0.667. The van der Waals surface area contributed by atoms with Gasteiger partial charge in [0.2, 0.25) is 0 Å². The first-order chi connectivity index (χ1) is 10.3. The summed E-state index contributed by atoms with van der Waals surface area (Å²) in [6.45, 7) is 4.78. The third kappa shape index (κ3) is 3.96. The summed E-state index contributed by atoms with van der Waals surface area (Å²) in [5.74, 6) is 0.841. The largest absolute Gasteiger partial charge is 0.373 e. The molecule has 1 aromatic heterocycles. The molecule has 21 heavy (non-hydrogen) atoms. The normalized spacial score (nSPS) is 26.6. The Balaban J connectivity index is 1.40. The van der Waals surface area contributed by atoms with E-state index in [2.05, 4.69) is 37.4 Å². The highest BCUT2D eigenvalue weighted by Crippen LogP contribution is 2.22. The lowest BCUT2D eigenvalue weighted by Crippen LogP contribution is -2.51. The smallest absolute Gasteiger partial charge is 0.191 e. The first-order valence-electron chi connectivity index (χ1n) is 7.66. The molecule has 6 heteroatoms. The second kappa shape index (κ2) is 7.24. The van der Waals surface area contributed by atoms with E-state index in [4.69, 9.17) is 4.74 Å². The number of nitrogens with one attached hydrogen (secondary N) is 2. The molecular weight excluding hydrogens is 284 g/mol. The molecule has 2 aliphatic heterocycles. The van der Waals surface area contributed by atoms with Crippen LogP contribution in [0.3, 0.4) is 0 Å². The number of guanidine groups is 1. The minimum atomic E-state index is 0.263. The molecule has 0 aliphatic carbocycles. The summed E-state index contributed by atoms with van der Waals surface area (Å²) in [6, 6.07) is 2.79. The van der Waals surface area contributed by atoms with E-state index in [-0.39, 0.29) is 6.10 Å². The zero-order valence-corrected chi connectivity index (χ0v) is 13.4. The summed E-state index contributed by atoms with van der Waals surface area (Å²) in [5, 5.41) is 10.9. The molecule has 0 bridgehead atoms. The second-order valence-electron chi connectivity index (χ2n) is 5.68. The maximum atomic E-state index is 5.95. The molecule has 0 aromatic carbocycles. The molecule has 0 radical (unpaired) electrons. The van der Waals surface area contributed by atoms with Crippen LogP contribution in [0.4, 0.5) is 0 Å². The Morgan fingerprint density at radius 2 is 2.48 bits per heavy atom. The van der Waals surface area contributed by atoms with Crippen LogP contribution in [-0.2, 0) is 11.3 Å². The standard InChI is InChI=1S/C15H24N4OS/c1-16-15(17-7-12-4-6-21-11-12)18-8-14-9-19-5-2-3-13(19)10-20-14/h4,6,11,13-14H,2-3,5,7-10H2,1H3,(H2,16,17,18). The van der Waals surface area contributed by atoms with Crippen LogP contribution in [-0.4, -0.2) is 56.3 Å². The molecule has 0 amide bonds. The number of hydrogen-bond acceptors (Lipinski definition) is 4. The number of aliphatic imine (C=N–C) groups is 1. The van der Waals surface area contributed by atoms with Gasteiger partial charge in [-0.2, -0.15) is 11.3 Å². The van der Waals surface area contributed by atoms with Gasteiger partial charge in [-0.25, -0.2) is 0 Å². The third-order valence-electron chi connectivity index (χ3n) is 4.22. The molecule has 3 rings (SSSR count). The molecule has 0 spiro atoms. The van der Waals surface area contributed by atoms with E-state index >= 15 is 0 Å². The van der Waals surface area contributed by atoms with Gasteiger partial charge in [0.15, 0.2) is 5.96 Å². The van der Waals surface area contributed by atoms with Crippen molar-refractivity contribution in [3.63, 3.8) is 0 Å². The van der Waals surface area contributed by atoms with E-state index in [0.717, 1.165) is 32.2 Å². The van der Waals surface area contributed by atoms with Gasteiger partial charge in [0, 0.05) is 32.7 Å². The van der Waals surface area contributed by atoms with E-state index in [0.29, 0.717) is 6.04 Å². The lowest BCUT2D eigenvalue weighted by Gasteiger charge is -2.35. The predicted octanol–water partition coefficient (Wildman–Crippen LogP) is 1.28. The third-order valence-corrected chi connectivity index (χ3v) is 4.95. The van der Waals surface area contributed by atoms with Crippen LogP contribution in [0.1, 0.15) is 18.4 Å². The number of morpholine rings is 1. The molecule has 116 valence electrons. The summed E-state index contributed by atoms with van der Waals surface area (Å²) < 4.78 is 5.95. The summed E-state index contributed by atoms with van der Waals surface area (Å²) >= 11 is 1.72. The van der Waals surface area contributed by atoms with Crippen LogP contribution in [0, 0.1) is 0 Å². The van der Waals surface area contributed by atoms with Crippen LogP contribution in [0.5, 0.6) is 0 Å². The van der Waals surface area contributed by atoms with E-state index in [9.17, 15) is 0 Å². The minimum Gasteiger partial charge on any atom is -0.373 e. The van der Waals surface area contributed by atoms with Crippen molar-refractivity contribution in [2.75, 3.05) is 33.3 Å². The van der Waals surface area contributed by atoms with Crippen molar-refractivity contribution < 1.29 is 4.74 Å². The lowest BCUT2D eigenvalue weighted by molar-refractivity contribution is -0.0453. The monoisotopic (exact) mass is 308 g/mol. The Kier molecular flexibility index (Phi) is 5.11. The quantitative estimate of drug-likeness (QED) is 0.650. The van der Waals surface area contributed by atoms with Crippen molar-refractivity contribution in [2.24, 2.45) is 4.99 Å². The second-order valence-corrected chi connectivity index (χ2v) is 6.46. The highest BCUT2D eigenvalue weighted by atomic mass is 32.1. The molecule has 2 aliphatic rings. The van der Waals surface area contributed by atoms with Crippen molar-refractivity contribution in [2.45, 2.75) is 31.5 Å². The fourth-order valence-electron chi connectivity index (χ4n) is 3.02. The van der Waals surface area contributed by atoms with Crippen molar-refractivity contribution in [1.29, 1.82) is 0 Å². The molecule has 2 unspecified atom stereocenters. The van der Waals surface area contributed by atoms with E-state index in [1.165, 1.54) is 24.9 Å². The van der Waals surface area contributed by atoms with Gasteiger partial charge >= 0.3 is 0 Å². The number of thiophene rings is 1. The SMILES string of the molecule is CN=C(NCc1ccsc1)NCC1CN2CCCC2CO1. The Morgan fingerprint density at radius 3 is 3.29 bits per heavy atom. The van der Waals surface area contributed by atoms with Gasteiger partial charge < -0.3 is 15.4 Å². The van der Waals surface area contributed by atoms with Gasteiger partial charge in [0.1, 0.15) is 0 Å². The lowest BCUT2D eigenvalue weighted by atomic mass is 10.2. The number of rotatable bonds is 4. The van der Waals surface area contributed by atoms with E-state index < -0.39 is 0 Å². The highest BCUT2D eigenvalue weighted by Gasteiger charge is 2.31. The zero-order chi connectivity index (χ0) is 14.5. The van der Waals surface area contributed by atoms with Gasteiger partial charge in [-0.15, -0.1) is 0 Å². The minimum absolute atomic E-state index is 0.263. The maximum Gasteiger partial charge on any atom is 0.191 e. The first kappa shape index (κ1) is 14.8. The molecule has 0 saturated carbocycles.